The van der Waals surface area contributed by atoms with Crippen LogP contribution in [-0.4, -0.2) is 29.9 Å². The van der Waals surface area contributed by atoms with Gasteiger partial charge in [0.2, 0.25) is 5.91 Å². The number of nitrogens with two attached hydrogens (primary N) is 1. The van der Waals surface area contributed by atoms with E-state index in [4.69, 9.17) is 5.73 Å². The molecule has 1 amide bonds. The second kappa shape index (κ2) is 6.93. The van der Waals surface area contributed by atoms with Crippen LogP contribution in [0.4, 0.5) is 0 Å². The second-order valence-electron chi connectivity index (χ2n) is 7.38. The summed E-state index contributed by atoms with van der Waals surface area (Å²) in [5, 5.41) is 0. The Bertz CT molecular complexity index is 321. The highest BCUT2D eigenvalue weighted by Gasteiger charge is 2.33. The molecule has 2 N–H and O–H groups in total. The third kappa shape index (κ3) is 3.75. The van der Waals surface area contributed by atoms with E-state index < -0.39 is 0 Å². The molecule has 0 radical (unpaired) electrons. The lowest BCUT2D eigenvalue weighted by Crippen LogP contribution is -2.44. The lowest BCUT2D eigenvalue weighted by atomic mass is 9.78. The van der Waals surface area contributed by atoms with Crippen LogP contribution in [0, 0.1) is 23.7 Å². The van der Waals surface area contributed by atoms with Gasteiger partial charge in [0.1, 0.15) is 0 Å². The number of amides is 1. The van der Waals surface area contributed by atoms with Crippen molar-refractivity contribution in [3.05, 3.63) is 0 Å². The molecule has 2 aliphatic rings. The number of piperidine rings is 1. The number of hydrogen-bond donors (Lipinski definition) is 1. The Morgan fingerprint density at radius 1 is 1.05 bits per heavy atom. The number of carbonyl (C=O) groups excluding carboxylic acids is 1. The van der Waals surface area contributed by atoms with Crippen LogP contribution >= 0.6 is 0 Å². The smallest absolute Gasteiger partial charge is 0.225 e. The number of rotatable bonds is 3. The molecule has 1 saturated carbocycles. The van der Waals surface area contributed by atoms with E-state index in [1.807, 2.05) is 0 Å². The van der Waals surface area contributed by atoms with E-state index in [9.17, 15) is 4.79 Å². The summed E-state index contributed by atoms with van der Waals surface area (Å²) in [5.74, 6) is 2.61. The van der Waals surface area contributed by atoms with E-state index in [1.54, 1.807) is 0 Å². The monoisotopic (exact) mass is 280 g/mol. The molecule has 3 nitrogen and oxygen atoms in total. The zero-order valence-corrected chi connectivity index (χ0v) is 13.5. The van der Waals surface area contributed by atoms with Crippen LogP contribution in [0.1, 0.15) is 59.3 Å². The van der Waals surface area contributed by atoms with Gasteiger partial charge >= 0.3 is 0 Å². The van der Waals surface area contributed by atoms with Crippen molar-refractivity contribution in [2.24, 2.45) is 29.4 Å². The van der Waals surface area contributed by atoms with E-state index in [-0.39, 0.29) is 5.92 Å². The van der Waals surface area contributed by atoms with Crippen molar-refractivity contribution in [1.82, 2.24) is 4.90 Å². The van der Waals surface area contributed by atoms with Crippen LogP contribution in [0.5, 0.6) is 0 Å². The van der Waals surface area contributed by atoms with Gasteiger partial charge in [-0.3, -0.25) is 4.79 Å². The molecule has 0 aromatic carbocycles. The molecule has 116 valence electrons. The van der Waals surface area contributed by atoms with Crippen molar-refractivity contribution in [2.75, 3.05) is 13.1 Å². The van der Waals surface area contributed by atoms with E-state index in [0.717, 1.165) is 37.8 Å². The lowest BCUT2D eigenvalue weighted by molar-refractivity contribution is -0.138. The predicted molar refractivity (Wildman–Crippen MR) is 83.2 cm³/mol. The molecule has 1 aliphatic heterocycles. The van der Waals surface area contributed by atoms with Crippen molar-refractivity contribution in [2.45, 2.75) is 65.3 Å². The minimum Gasteiger partial charge on any atom is -0.342 e. The minimum atomic E-state index is 0.164. The standard InChI is InChI=1S/C17H32N2O/c1-12(2)14-7-9-19(10-8-14)17(20)13(3)15-5-4-6-16(18)11-15/h12-16H,4-11,18H2,1-3H3. The SMILES string of the molecule is CC(C)C1CCN(C(=O)C(C)C2CCCC(N)C2)CC1. The molecule has 0 aromatic heterocycles. The first-order chi connectivity index (χ1) is 9.49. The minimum absolute atomic E-state index is 0.164. The molecule has 1 aliphatic carbocycles. The zero-order chi connectivity index (χ0) is 14.7. The number of hydrogen-bond acceptors (Lipinski definition) is 2. The average molecular weight is 280 g/mol. The van der Waals surface area contributed by atoms with Crippen LogP contribution in [0.3, 0.4) is 0 Å². The van der Waals surface area contributed by atoms with Crippen LogP contribution in [0.15, 0.2) is 0 Å². The quantitative estimate of drug-likeness (QED) is 0.863. The molecule has 2 fully saturated rings. The molecular formula is C17H32N2O. The summed E-state index contributed by atoms with van der Waals surface area (Å²) >= 11 is 0. The van der Waals surface area contributed by atoms with E-state index in [0.29, 0.717) is 17.9 Å². The second-order valence-corrected chi connectivity index (χ2v) is 7.38. The molecule has 0 spiro atoms. The van der Waals surface area contributed by atoms with Crippen LogP contribution in [0.25, 0.3) is 0 Å². The van der Waals surface area contributed by atoms with Crippen LogP contribution in [0.2, 0.25) is 0 Å². The van der Waals surface area contributed by atoms with Gasteiger partial charge in [-0.25, -0.2) is 0 Å². The summed E-state index contributed by atoms with van der Waals surface area (Å²) in [5.41, 5.74) is 6.07. The van der Waals surface area contributed by atoms with Gasteiger partial charge in [0, 0.05) is 25.0 Å². The highest BCUT2D eigenvalue weighted by atomic mass is 16.2. The zero-order valence-electron chi connectivity index (χ0n) is 13.5. The molecule has 1 saturated heterocycles. The third-order valence-corrected chi connectivity index (χ3v) is 5.65. The first-order valence-electron chi connectivity index (χ1n) is 8.53. The normalized spacial score (nSPS) is 30.6. The maximum absolute atomic E-state index is 12.7. The molecule has 3 atom stereocenters. The van der Waals surface area contributed by atoms with Gasteiger partial charge < -0.3 is 10.6 Å². The summed E-state index contributed by atoms with van der Waals surface area (Å²) in [4.78, 5) is 14.8. The third-order valence-electron chi connectivity index (χ3n) is 5.65. The van der Waals surface area contributed by atoms with E-state index in [1.165, 1.54) is 25.7 Å². The molecule has 0 bridgehead atoms. The summed E-state index contributed by atoms with van der Waals surface area (Å²) in [6.45, 7) is 8.65. The lowest BCUT2D eigenvalue weighted by Gasteiger charge is -2.38. The van der Waals surface area contributed by atoms with Crippen LogP contribution in [-0.2, 0) is 4.79 Å². The van der Waals surface area contributed by atoms with Crippen molar-refractivity contribution in [1.29, 1.82) is 0 Å². The molecule has 3 unspecified atom stereocenters. The Morgan fingerprint density at radius 2 is 1.70 bits per heavy atom. The maximum Gasteiger partial charge on any atom is 0.225 e. The Balaban J connectivity index is 1.85. The van der Waals surface area contributed by atoms with Crippen molar-refractivity contribution < 1.29 is 4.79 Å². The number of carbonyl (C=O) groups is 1. The Kier molecular flexibility index (Phi) is 5.48. The molecule has 3 heteroatoms. The highest BCUT2D eigenvalue weighted by molar-refractivity contribution is 5.78. The largest absolute Gasteiger partial charge is 0.342 e. The summed E-state index contributed by atoms with van der Waals surface area (Å²) in [7, 11) is 0. The van der Waals surface area contributed by atoms with Gasteiger partial charge in [-0.05, 0) is 49.9 Å². The molecular weight excluding hydrogens is 248 g/mol. The van der Waals surface area contributed by atoms with Gasteiger partial charge in [0.05, 0.1) is 0 Å². The van der Waals surface area contributed by atoms with Gasteiger partial charge in [0.15, 0.2) is 0 Å². The van der Waals surface area contributed by atoms with Crippen molar-refractivity contribution in [3.8, 4) is 0 Å². The Labute approximate surface area is 124 Å². The number of likely N-dealkylation sites (tertiary alicyclic amines) is 1. The summed E-state index contributed by atoms with van der Waals surface area (Å²) in [6, 6.07) is 0.315. The predicted octanol–water partition coefficient (Wildman–Crippen LogP) is 3.03. The van der Waals surface area contributed by atoms with Gasteiger partial charge in [0.25, 0.3) is 0 Å². The maximum atomic E-state index is 12.7. The molecule has 20 heavy (non-hydrogen) atoms. The summed E-state index contributed by atoms with van der Waals surface area (Å²) in [6.07, 6.45) is 6.91. The topological polar surface area (TPSA) is 46.3 Å². The first kappa shape index (κ1) is 15.8. The summed E-state index contributed by atoms with van der Waals surface area (Å²) < 4.78 is 0. The fourth-order valence-corrected chi connectivity index (χ4v) is 4.00. The number of nitrogens with zero attached hydrogens (tertiary/aromatic N) is 1. The van der Waals surface area contributed by atoms with E-state index in [2.05, 4.69) is 25.7 Å². The van der Waals surface area contributed by atoms with Crippen molar-refractivity contribution in [3.63, 3.8) is 0 Å². The Morgan fingerprint density at radius 3 is 2.25 bits per heavy atom. The molecule has 1 heterocycles. The first-order valence-corrected chi connectivity index (χ1v) is 8.53. The van der Waals surface area contributed by atoms with Gasteiger partial charge in [-0.1, -0.05) is 27.2 Å². The Hall–Kier alpha value is -0.570. The van der Waals surface area contributed by atoms with Crippen LogP contribution < -0.4 is 5.73 Å². The van der Waals surface area contributed by atoms with Crippen molar-refractivity contribution >= 4 is 5.91 Å². The fourth-order valence-electron chi connectivity index (χ4n) is 4.00. The van der Waals surface area contributed by atoms with Gasteiger partial charge in [-0.15, -0.1) is 0 Å². The molecule has 2 rings (SSSR count). The molecule has 0 aromatic rings. The highest BCUT2D eigenvalue weighted by Crippen LogP contribution is 2.32. The van der Waals surface area contributed by atoms with Gasteiger partial charge in [-0.2, -0.15) is 0 Å². The van der Waals surface area contributed by atoms with E-state index >= 15 is 0 Å². The average Bonchev–Trinajstić information content (AvgIpc) is 2.46. The fraction of sp³-hybridized carbons (Fsp3) is 0.941.